The molecule has 16 heavy (non-hydrogen) atoms. The smallest absolute Gasteiger partial charge is 0.123 e. The molecule has 1 N–H and O–H groups in total. The van der Waals surface area contributed by atoms with E-state index in [4.69, 9.17) is 4.74 Å². The van der Waals surface area contributed by atoms with Gasteiger partial charge in [0, 0.05) is 5.75 Å². The summed E-state index contributed by atoms with van der Waals surface area (Å²) in [5, 5.41) is 3.25. The van der Waals surface area contributed by atoms with Crippen LogP contribution in [0.4, 0.5) is 4.39 Å². The molecule has 0 atom stereocenters. The van der Waals surface area contributed by atoms with Crippen LogP contribution >= 0.6 is 11.8 Å². The second kappa shape index (κ2) is 6.11. The zero-order valence-electron chi connectivity index (χ0n) is 9.12. The van der Waals surface area contributed by atoms with Crippen molar-refractivity contribution in [2.75, 3.05) is 31.2 Å². The Morgan fingerprint density at radius 1 is 1.31 bits per heavy atom. The lowest BCUT2D eigenvalue weighted by molar-refractivity contribution is 0.342. The molecule has 0 unspecified atom stereocenters. The average molecular weight is 241 g/mol. The van der Waals surface area contributed by atoms with Gasteiger partial charge in [-0.15, -0.1) is 0 Å². The number of nitrogens with one attached hydrogen (secondary N) is 1. The molecule has 1 aromatic carbocycles. The topological polar surface area (TPSA) is 21.3 Å². The van der Waals surface area contributed by atoms with Crippen LogP contribution in [0.25, 0.3) is 0 Å². The summed E-state index contributed by atoms with van der Waals surface area (Å²) in [5.41, 5.74) is 0. The van der Waals surface area contributed by atoms with Crippen LogP contribution in [0.15, 0.2) is 24.3 Å². The first-order chi connectivity index (χ1) is 7.84. The third-order valence-electron chi connectivity index (χ3n) is 2.53. The Balaban J connectivity index is 1.55. The van der Waals surface area contributed by atoms with Gasteiger partial charge in [-0.2, -0.15) is 11.8 Å². The zero-order valence-corrected chi connectivity index (χ0v) is 9.93. The lowest BCUT2D eigenvalue weighted by Crippen LogP contribution is -2.43. The molecule has 0 aliphatic carbocycles. The highest BCUT2D eigenvalue weighted by atomic mass is 32.2. The van der Waals surface area contributed by atoms with Crippen LogP contribution in [-0.4, -0.2) is 31.2 Å². The molecule has 1 aromatic rings. The molecule has 1 aliphatic heterocycles. The van der Waals surface area contributed by atoms with E-state index in [9.17, 15) is 4.39 Å². The normalized spacial score (nSPS) is 15.8. The maximum atomic E-state index is 12.6. The first-order valence-corrected chi connectivity index (χ1v) is 6.67. The Morgan fingerprint density at radius 3 is 2.69 bits per heavy atom. The Kier molecular flexibility index (Phi) is 4.48. The van der Waals surface area contributed by atoms with E-state index >= 15 is 0 Å². The van der Waals surface area contributed by atoms with Crippen LogP contribution in [0, 0.1) is 11.7 Å². The molecule has 2 rings (SSSR count). The van der Waals surface area contributed by atoms with Crippen molar-refractivity contribution in [3.05, 3.63) is 30.1 Å². The van der Waals surface area contributed by atoms with Gasteiger partial charge in [0.1, 0.15) is 11.6 Å². The third-order valence-corrected chi connectivity index (χ3v) is 3.69. The minimum atomic E-state index is -0.223. The SMILES string of the molecule is Fc1ccc(OCCSCC2CNC2)cc1. The monoisotopic (exact) mass is 241 g/mol. The summed E-state index contributed by atoms with van der Waals surface area (Å²) in [7, 11) is 0. The van der Waals surface area contributed by atoms with E-state index < -0.39 is 0 Å². The molecule has 0 amide bonds. The fraction of sp³-hybridized carbons (Fsp3) is 0.500. The minimum Gasteiger partial charge on any atom is -0.493 e. The van der Waals surface area contributed by atoms with Gasteiger partial charge in [0.25, 0.3) is 0 Å². The highest BCUT2D eigenvalue weighted by Crippen LogP contribution is 2.14. The van der Waals surface area contributed by atoms with Crippen LogP contribution in [0.1, 0.15) is 0 Å². The highest BCUT2D eigenvalue weighted by Gasteiger charge is 2.15. The Bertz CT molecular complexity index is 313. The van der Waals surface area contributed by atoms with E-state index in [1.54, 1.807) is 12.1 Å². The predicted molar refractivity (Wildman–Crippen MR) is 65.6 cm³/mol. The van der Waals surface area contributed by atoms with Gasteiger partial charge in [0.05, 0.1) is 6.61 Å². The second-order valence-corrected chi connectivity index (χ2v) is 5.05. The molecule has 0 aromatic heterocycles. The highest BCUT2D eigenvalue weighted by molar-refractivity contribution is 7.99. The van der Waals surface area contributed by atoms with E-state index in [0.29, 0.717) is 6.61 Å². The minimum absolute atomic E-state index is 0.223. The molecule has 1 saturated heterocycles. The number of benzene rings is 1. The predicted octanol–water partition coefficient (Wildman–Crippen LogP) is 2.16. The van der Waals surface area contributed by atoms with Crippen LogP contribution in [0.2, 0.25) is 0 Å². The molecule has 4 heteroatoms. The summed E-state index contributed by atoms with van der Waals surface area (Å²) in [6.45, 7) is 3.01. The standard InChI is InChI=1S/C12H16FNOS/c13-11-1-3-12(4-2-11)15-5-6-16-9-10-7-14-8-10/h1-4,10,14H,5-9H2. The number of halogens is 1. The molecule has 2 nitrogen and oxygen atoms in total. The van der Waals surface area contributed by atoms with Crippen molar-refractivity contribution in [1.29, 1.82) is 0 Å². The van der Waals surface area contributed by atoms with Gasteiger partial charge in [-0.05, 0) is 49.0 Å². The molecule has 0 spiro atoms. The van der Waals surface area contributed by atoms with Gasteiger partial charge < -0.3 is 10.1 Å². The van der Waals surface area contributed by atoms with Gasteiger partial charge in [0.15, 0.2) is 0 Å². The second-order valence-electron chi connectivity index (χ2n) is 3.90. The van der Waals surface area contributed by atoms with Crippen LogP contribution in [-0.2, 0) is 0 Å². The maximum Gasteiger partial charge on any atom is 0.123 e. The van der Waals surface area contributed by atoms with Gasteiger partial charge in [0.2, 0.25) is 0 Å². The first kappa shape index (κ1) is 11.7. The summed E-state index contributed by atoms with van der Waals surface area (Å²) < 4.78 is 18.1. The maximum absolute atomic E-state index is 12.6. The van der Waals surface area contributed by atoms with E-state index in [-0.39, 0.29) is 5.82 Å². The van der Waals surface area contributed by atoms with Crippen molar-refractivity contribution >= 4 is 11.8 Å². The summed E-state index contributed by atoms with van der Waals surface area (Å²) in [6.07, 6.45) is 0. The number of hydrogen-bond donors (Lipinski definition) is 1. The Labute approximate surface area is 99.6 Å². The molecule has 1 heterocycles. The van der Waals surface area contributed by atoms with Crippen molar-refractivity contribution in [1.82, 2.24) is 5.32 Å². The van der Waals surface area contributed by atoms with Crippen molar-refractivity contribution in [2.45, 2.75) is 0 Å². The molecule has 0 radical (unpaired) electrons. The summed E-state index contributed by atoms with van der Waals surface area (Å²) in [5.74, 6) is 3.57. The van der Waals surface area contributed by atoms with Crippen molar-refractivity contribution in [3.8, 4) is 5.75 Å². The third kappa shape index (κ3) is 3.68. The van der Waals surface area contributed by atoms with Crippen LogP contribution < -0.4 is 10.1 Å². The van der Waals surface area contributed by atoms with Crippen molar-refractivity contribution in [2.24, 2.45) is 5.92 Å². The van der Waals surface area contributed by atoms with Crippen LogP contribution in [0.5, 0.6) is 5.75 Å². The zero-order chi connectivity index (χ0) is 11.2. The van der Waals surface area contributed by atoms with Crippen LogP contribution in [0.3, 0.4) is 0 Å². The fourth-order valence-electron chi connectivity index (χ4n) is 1.47. The Hall–Kier alpha value is -0.740. The van der Waals surface area contributed by atoms with Gasteiger partial charge in [-0.25, -0.2) is 4.39 Å². The summed E-state index contributed by atoms with van der Waals surface area (Å²) in [6, 6.07) is 6.16. The van der Waals surface area contributed by atoms with Crippen molar-refractivity contribution < 1.29 is 9.13 Å². The van der Waals surface area contributed by atoms with E-state index in [0.717, 1.165) is 30.5 Å². The first-order valence-electron chi connectivity index (χ1n) is 5.51. The number of hydrogen-bond acceptors (Lipinski definition) is 3. The van der Waals surface area contributed by atoms with E-state index in [1.165, 1.54) is 17.9 Å². The molecule has 0 saturated carbocycles. The molecule has 0 bridgehead atoms. The molecule has 88 valence electrons. The largest absolute Gasteiger partial charge is 0.493 e. The van der Waals surface area contributed by atoms with Crippen molar-refractivity contribution in [3.63, 3.8) is 0 Å². The summed E-state index contributed by atoms with van der Waals surface area (Å²) in [4.78, 5) is 0. The molecular weight excluding hydrogens is 225 g/mol. The van der Waals surface area contributed by atoms with Gasteiger partial charge in [-0.3, -0.25) is 0 Å². The van der Waals surface area contributed by atoms with Gasteiger partial charge >= 0.3 is 0 Å². The number of rotatable bonds is 6. The number of ether oxygens (including phenoxy) is 1. The Morgan fingerprint density at radius 2 is 2.06 bits per heavy atom. The van der Waals surface area contributed by atoms with Gasteiger partial charge in [-0.1, -0.05) is 0 Å². The van der Waals surface area contributed by atoms with E-state index in [1.807, 2.05) is 11.8 Å². The van der Waals surface area contributed by atoms with E-state index in [2.05, 4.69) is 5.32 Å². The molecule has 1 fully saturated rings. The average Bonchev–Trinajstić information content (AvgIpc) is 2.23. The lowest BCUT2D eigenvalue weighted by atomic mass is 10.1. The quantitative estimate of drug-likeness (QED) is 0.771. The fourth-order valence-corrected chi connectivity index (χ4v) is 2.40. The number of thioether (sulfide) groups is 1. The molecule has 1 aliphatic rings. The summed E-state index contributed by atoms with van der Waals surface area (Å²) >= 11 is 1.92. The lowest BCUT2D eigenvalue weighted by Gasteiger charge is -2.26. The molecular formula is C12H16FNOS.